The number of benzene rings is 4. The Morgan fingerprint density at radius 2 is 0.839 bits per heavy atom. The fraction of sp³-hybridized carbons (Fsp3) is 0.172. The van der Waals surface area contributed by atoms with E-state index in [-0.39, 0.29) is 0 Å². The van der Waals surface area contributed by atoms with Crippen molar-refractivity contribution in [3.05, 3.63) is 109 Å². The predicted octanol–water partition coefficient (Wildman–Crippen LogP) is 7.50. The second-order valence-electron chi connectivity index (χ2n) is 8.15. The fourth-order valence-corrected chi connectivity index (χ4v) is 7.53. The Labute approximate surface area is 190 Å². The van der Waals surface area contributed by atoms with Crippen molar-refractivity contribution in [3.63, 3.8) is 0 Å². The molecule has 0 nitrogen and oxygen atoms in total. The van der Waals surface area contributed by atoms with E-state index in [0.717, 1.165) is 17.2 Å². The SMILES string of the molecule is C[C@H](C[C@@H](C)Pc1ccccc1-c1ccccc1)Pc1ccccc1-c1ccccc1. The second kappa shape index (κ2) is 10.9. The van der Waals surface area contributed by atoms with Gasteiger partial charge in [-0.2, -0.15) is 0 Å². The maximum atomic E-state index is 2.42. The summed E-state index contributed by atoms with van der Waals surface area (Å²) in [6, 6.07) is 39.4. The summed E-state index contributed by atoms with van der Waals surface area (Å²) in [4.78, 5) is 0. The van der Waals surface area contributed by atoms with Gasteiger partial charge in [0.2, 0.25) is 0 Å². The Kier molecular flexibility index (Phi) is 7.69. The van der Waals surface area contributed by atoms with E-state index >= 15 is 0 Å². The van der Waals surface area contributed by atoms with Gasteiger partial charge in [0.1, 0.15) is 0 Å². The van der Waals surface area contributed by atoms with Gasteiger partial charge in [-0.05, 0) is 50.6 Å². The topological polar surface area (TPSA) is 0 Å². The van der Waals surface area contributed by atoms with Gasteiger partial charge in [0, 0.05) is 0 Å². The molecular formula is C29H30P2. The molecule has 4 aromatic carbocycles. The van der Waals surface area contributed by atoms with Crippen LogP contribution in [0.3, 0.4) is 0 Å². The van der Waals surface area contributed by atoms with E-state index in [2.05, 4.69) is 123 Å². The van der Waals surface area contributed by atoms with Gasteiger partial charge in [0.05, 0.1) is 0 Å². The quantitative estimate of drug-likeness (QED) is 0.249. The summed E-state index contributed by atoms with van der Waals surface area (Å²) < 4.78 is 0. The van der Waals surface area contributed by atoms with Crippen LogP contribution in [0.1, 0.15) is 20.3 Å². The highest BCUT2D eigenvalue weighted by Crippen LogP contribution is 2.34. The molecule has 0 heterocycles. The Balaban J connectivity index is 1.44. The number of rotatable bonds is 8. The molecule has 0 amide bonds. The average molecular weight is 441 g/mol. The molecule has 156 valence electrons. The van der Waals surface area contributed by atoms with Gasteiger partial charge >= 0.3 is 0 Å². The van der Waals surface area contributed by atoms with Crippen molar-refractivity contribution in [3.8, 4) is 22.3 Å². The van der Waals surface area contributed by atoms with Crippen LogP contribution in [0.2, 0.25) is 0 Å². The Morgan fingerprint density at radius 3 is 1.26 bits per heavy atom. The first kappa shape index (κ1) is 22.0. The van der Waals surface area contributed by atoms with Gasteiger partial charge in [-0.3, -0.25) is 0 Å². The molecule has 0 N–H and O–H groups in total. The molecule has 0 bridgehead atoms. The summed E-state index contributed by atoms with van der Waals surface area (Å²) in [6.07, 6.45) is 1.25. The van der Waals surface area contributed by atoms with E-state index in [1.165, 1.54) is 39.3 Å². The van der Waals surface area contributed by atoms with Crippen molar-refractivity contribution in [2.45, 2.75) is 31.6 Å². The predicted molar refractivity (Wildman–Crippen MR) is 143 cm³/mol. The molecule has 0 fully saturated rings. The van der Waals surface area contributed by atoms with Crippen molar-refractivity contribution in [2.24, 2.45) is 0 Å². The maximum absolute atomic E-state index is 2.42. The van der Waals surface area contributed by atoms with Gasteiger partial charge in [-0.1, -0.05) is 140 Å². The summed E-state index contributed by atoms with van der Waals surface area (Å²) >= 11 is 0. The molecule has 2 heteroatoms. The molecule has 4 atom stereocenters. The summed E-state index contributed by atoms with van der Waals surface area (Å²) in [6.45, 7) is 4.84. The van der Waals surface area contributed by atoms with E-state index in [1.54, 1.807) is 0 Å². The normalized spacial score (nSPS) is 13.7. The van der Waals surface area contributed by atoms with Crippen LogP contribution in [0.25, 0.3) is 22.3 Å². The zero-order chi connectivity index (χ0) is 21.5. The Morgan fingerprint density at radius 1 is 0.484 bits per heavy atom. The lowest BCUT2D eigenvalue weighted by molar-refractivity contribution is 0.799. The lowest BCUT2D eigenvalue weighted by Crippen LogP contribution is -2.12. The van der Waals surface area contributed by atoms with Crippen LogP contribution in [0.15, 0.2) is 109 Å². The smallest absolute Gasteiger partial charge is 0.0110 e. The molecule has 4 aromatic rings. The highest BCUT2D eigenvalue weighted by molar-refractivity contribution is 7.49. The van der Waals surface area contributed by atoms with Crippen LogP contribution in [-0.4, -0.2) is 11.3 Å². The van der Waals surface area contributed by atoms with Crippen LogP contribution in [0, 0.1) is 0 Å². The number of hydrogen-bond donors (Lipinski definition) is 0. The molecule has 31 heavy (non-hydrogen) atoms. The number of hydrogen-bond acceptors (Lipinski definition) is 0. The highest BCUT2D eigenvalue weighted by atomic mass is 31.1. The van der Waals surface area contributed by atoms with Crippen molar-refractivity contribution >= 4 is 27.8 Å². The first-order chi connectivity index (χ1) is 15.2. The van der Waals surface area contributed by atoms with Crippen LogP contribution in [0.4, 0.5) is 0 Å². The van der Waals surface area contributed by atoms with Crippen LogP contribution in [0.5, 0.6) is 0 Å². The third-order valence-corrected chi connectivity index (χ3v) is 8.49. The zero-order valence-corrected chi connectivity index (χ0v) is 20.3. The Hall–Kier alpha value is -2.26. The van der Waals surface area contributed by atoms with Crippen LogP contribution < -0.4 is 10.6 Å². The monoisotopic (exact) mass is 440 g/mol. The average Bonchev–Trinajstić information content (AvgIpc) is 2.81. The largest absolute Gasteiger partial charge is 0.0868 e. The van der Waals surface area contributed by atoms with E-state index in [1.807, 2.05) is 0 Å². The summed E-state index contributed by atoms with van der Waals surface area (Å²) in [5.74, 6) is 0. The van der Waals surface area contributed by atoms with Crippen molar-refractivity contribution in [2.75, 3.05) is 0 Å². The van der Waals surface area contributed by atoms with Gasteiger partial charge < -0.3 is 0 Å². The highest BCUT2D eigenvalue weighted by Gasteiger charge is 2.14. The summed E-state index contributed by atoms with van der Waals surface area (Å²) in [5.41, 5.74) is 6.78. The fourth-order valence-electron chi connectivity index (χ4n) is 4.14. The molecule has 0 aliphatic heterocycles. The molecule has 0 saturated carbocycles. The minimum absolute atomic E-state index is 0.677. The molecule has 0 aliphatic rings. The van der Waals surface area contributed by atoms with Crippen LogP contribution in [-0.2, 0) is 0 Å². The van der Waals surface area contributed by atoms with Gasteiger partial charge in [0.25, 0.3) is 0 Å². The van der Waals surface area contributed by atoms with E-state index < -0.39 is 0 Å². The standard InChI is InChI=1S/C29H30P2/c1-22(30-28-19-11-9-17-26(28)24-13-5-3-6-14-24)21-23(2)31-29-20-12-10-18-27(29)25-15-7-4-8-16-25/h3-20,22-23,30-31H,21H2,1-2H3/t22-,23-/m1/s1. The van der Waals surface area contributed by atoms with Crippen molar-refractivity contribution < 1.29 is 0 Å². The molecule has 2 unspecified atom stereocenters. The first-order valence-electron chi connectivity index (χ1n) is 11.0. The lowest BCUT2D eigenvalue weighted by atomic mass is 10.1. The van der Waals surface area contributed by atoms with Crippen molar-refractivity contribution in [1.82, 2.24) is 0 Å². The molecule has 0 radical (unpaired) electrons. The molecular weight excluding hydrogens is 410 g/mol. The van der Waals surface area contributed by atoms with Crippen molar-refractivity contribution in [1.29, 1.82) is 0 Å². The second-order valence-corrected chi connectivity index (χ2v) is 11.8. The molecule has 0 aliphatic carbocycles. The minimum Gasteiger partial charge on any atom is -0.0868 e. The van der Waals surface area contributed by atoms with Gasteiger partial charge in [0.15, 0.2) is 0 Å². The maximum Gasteiger partial charge on any atom is -0.0110 e. The molecule has 4 rings (SSSR count). The molecule has 0 saturated heterocycles. The molecule has 0 spiro atoms. The van der Waals surface area contributed by atoms with E-state index in [4.69, 9.17) is 0 Å². The minimum atomic E-state index is 0.677. The first-order valence-corrected chi connectivity index (χ1v) is 13.2. The van der Waals surface area contributed by atoms with Gasteiger partial charge in [-0.25, -0.2) is 0 Å². The zero-order valence-electron chi connectivity index (χ0n) is 18.3. The third kappa shape index (κ3) is 5.92. The summed E-state index contributed by atoms with van der Waals surface area (Å²) in [7, 11) is 1.66. The lowest BCUT2D eigenvalue weighted by Gasteiger charge is -2.20. The van der Waals surface area contributed by atoms with Gasteiger partial charge in [-0.15, -0.1) is 0 Å². The van der Waals surface area contributed by atoms with E-state index in [0.29, 0.717) is 11.3 Å². The third-order valence-electron chi connectivity index (χ3n) is 5.53. The summed E-state index contributed by atoms with van der Waals surface area (Å²) in [5, 5.41) is 2.97. The Bertz CT molecular complexity index is 1000. The van der Waals surface area contributed by atoms with Crippen LogP contribution >= 0.6 is 17.2 Å². The molecule has 0 aromatic heterocycles. The van der Waals surface area contributed by atoms with E-state index in [9.17, 15) is 0 Å².